The third-order valence-electron chi connectivity index (χ3n) is 2.59. The molecule has 0 aliphatic carbocycles. The summed E-state index contributed by atoms with van der Waals surface area (Å²) in [5.74, 6) is 0.365. The van der Waals surface area contributed by atoms with Crippen LogP contribution in [0.4, 0.5) is 5.82 Å². The molecule has 0 fully saturated rings. The highest BCUT2D eigenvalue weighted by molar-refractivity contribution is 9.10. The Labute approximate surface area is 126 Å². The third kappa shape index (κ3) is 4.03. The van der Waals surface area contributed by atoms with Gasteiger partial charge in [0.2, 0.25) is 0 Å². The predicted octanol–water partition coefficient (Wildman–Crippen LogP) is 2.60. The van der Waals surface area contributed by atoms with Crippen LogP contribution in [0.3, 0.4) is 0 Å². The van der Waals surface area contributed by atoms with Gasteiger partial charge in [-0.05, 0) is 24.6 Å². The van der Waals surface area contributed by atoms with Gasteiger partial charge in [-0.2, -0.15) is 0 Å². The van der Waals surface area contributed by atoms with E-state index < -0.39 is 0 Å². The van der Waals surface area contributed by atoms with Crippen LogP contribution < -0.4 is 10.6 Å². The molecule has 2 N–H and O–H groups in total. The average molecular weight is 335 g/mol. The molecule has 1 aromatic heterocycles. The normalized spacial score (nSPS) is 10.1. The summed E-state index contributed by atoms with van der Waals surface area (Å²) in [7, 11) is 0. The predicted molar refractivity (Wildman–Crippen MR) is 81.5 cm³/mol. The van der Waals surface area contributed by atoms with E-state index in [9.17, 15) is 4.79 Å². The highest BCUT2D eigenvalue weighted by Crippen LogP contribution is 2.10. The van der Waals surface area contributed by atoms with Gasteiger partial charge in [-0.3, -0.25) is 9.78 Å². The summed E-state index contributed by atoms with van der Waals surface area (Å²) in [6, 6.07) is 7.77. The second-order valence-corrected chi connectivity index (χ2v) is 5.04. The van der Waals surface area contributed by atoms with Crippen LogP contribution in [0.2, 0.25) is 0 Å². The van der Waals surface area contributed by atoms with Crippen molar-refractivity contribution in [3.8, 4) is 0 Å². The van der Waals surface area contributed by atoms with E-state index >= 15 is 0 Å². The summed E-state index contributed by atoms with van der Waals surface area (Å²) in [4.78, 5) is 20.2. The van der Waals surface area contributed by atoms with E-state index in [-0.39, 0.29) is 5.91 Å². The molecule has 6 heteroatoms. The van der Waals surface area contributed by atoms with E-state index in [1.54, 1.807) is 6.20 Å². The molecule has 0 aliphatic rings. The molecule has 0 aliphatic heterocycles. The maximum Gasteiger partial charge on any atom is 0.271 e. The van der Waals surface area contributed by atoms with Crippen molar-refractivity contribution in [2.75, 3.05) is 11.9 Å². The first-order valence-corrected chi connectivity index (χ1v) is 7.07. The maximum absolute atomic E-state index is 12.0. The lowest BCUT2D eigenvalue weighted by Crippen LogP contribution is -2.24. The summed E-state index contributed by atoms with van der Waals surface area (Å²) in [6.07, 6.45) is 3.05. The van der Waals surface area contributed by atoms with Crippen LogP contribution in [0.5, 0.6) is 0 Å². The number of hydrogen-bond acceptors (Lipinski definition) is 4. The second kappa shape index (κ2) is 7.00. The zero-order valence-electron chi connectivity index (χ0n) is 11.1. The standard InChI is InChI=1S/C14H15BrN4O/c1-2-17-13-9-16-8-12(19-13)14(20)18-7-10-3-5-11(15)6-4-10/h3-6,8-9H,2,7H2,1H3,(H,17,19)(H,18,20). The minimum Gasteiger partial charge on any atom is -0.369 e. The van der Waals surface area contributed by atoms with Gasteiger partial charge in [-0.25, -0.2) is 4.98 Å². The number of benzene rings is 1. The lowest BCUT2D eigenvalue weighted by Gasteiger charge is -2.06. The monoisotopic (exact) mass is 334 g/mol. The molecule has 104 valence electrons. The zero-order valence-corrected chi connectivity index (χ0v) is 12.6. The van der Waals surface area contributed by atoms with Crippen molar-refractivity contribution in [1.29, 1.82) is 0 Å². The first-order valence-electron chi connectivity index (χ1n) is 6.27. The van der Waals surface area contributed by atoms with Crippen LogP contribution >= 0.6 is 15.9 Å². The Balaban J connectivity index is 1.97. The fraction of sp³-hybridized carbons (Fsp3) is 0.214. The van der Waals surface area contributed by atoms with E-state index in [1.807, 2.05) is 31.2 Å². The minimum absolute atomic E-state index is 0.236. The molecule has 20 heavy (non-hydrogen) atoms. The van der Waals surface area contributed by atoms with E-state index in [1.165, 1.54) is 6.20 Å². The number of halogens is 1. The number of amides is 1. The Morgan fingerprint density at radius 2 is 2.00 bits per heavy atom. The van der Waals surface area contributed by atoms with Gasteiger partial charge in [0.05, 0.1) is 12.4 Å². The summed E-state index contributed by atoms with van der Waals surface area (Å²) in [5, 5.41) is 5.84. The quantitative estimate of drug-likeness (QED) is 0.881. The van der Waals surface area contributed by atoms with Crippen molar-refractivity contribution in [2.45, 2.75) is 13.5 Å². The van der Waals surface area contributed by atoms with Crippen LogP contribution in [0.25, 0.3) is 0 Å². The lowest BCUT2D eigenvalue weighted by atomic mass is 10.2. The summed E-state index contributed by atoms with van der Waals surface area (Å²) in [5.41, 5.74) is 1.33. The molecule has 5 nitrogen and oxygen atoms in total. The van der Waals surface area contributed by atoms with Crippen LogP contribution in [0.1, 0.15) is 23.0 Å². The number of hydrogen-bond donors (Lipinski definition) is 2. The molecule has 0 saturated heterocycles. The van der Waals surface area contributed by atoms with Gasteiger partial charge in [0.15, 0.2) is 0 Å². The molecule has 2 aromatic rings. The number of anilines is 1. The number of nitrogens with one attached hydrogen (secondary N) is 2. The van der Waals surface area contributed by atoms with Gasteiger partial charge in [0.1, 0.15) is 11.5 Å². The fourth-order valence-corrected chi connectivity index (χ4v) is 1.88. The van der Waals surface area contributed by atoms with Crippen LogP contribution in [-0.2, 0) is 6.54 Å². The summed E-state index contributed by atoms with van der Waals surface area (Å²) < 4.78 is 1.01. The number of aromatic nitrogens is 2. The van der Waals surface area contributed by atoms with Crippen molar-refractivity contribution in [1.82, 2.24) is 15.3 Å². The number of rotatable bonds is 5. The Morgan fingerprint density at radius 1 is 1.25 bits per heavy atom. The van der Waals surface area contributed by atoms with Gasteiger partial charge in [-0.15, -0.1) is 0 Å². The van der Waals surface area contributed by atoms with E-state index in [0.29, 0.717) is 18.1 Å². The molecule has 0 atom stereocenters. The van der Waals surface area contributed by atoms with Gasteiger partial charge in [0, 0.05) is 17.6 Å². The Hall–Kier alpha value is -1.95. The SMILES string of the molecule is CCNc1cncc(C(=O)NCc2ccc(Br)cc2)n1. The second-order valence-electron chi connectivity index (χ2n) is 4.13. The van der Waals surface area contributed by atoms with Crippen molar-refractivity contribution in [2.24, 2.45) is 0 Å². The third-order valence-corrected chi connectivity index (χ3v) is 3.12. The van der Waals surface area contributed by atoms with E-state index in [2.05, 4.69) is 36.5 Å². The fourth-order valence-electron chi connectivity index (χ4n) is 1.62. The molecular weight excluding hydrogens is 320 g/mol. The number of carbonyl (C=O) groups excluding carboxylic acids is 1. The molecule has 0 saturated carbocycles. The zero-order chi connectivity index (χ0) is 14.4. The molecule has 0 spiro atoms. The minimum atomic E-state index is -0.236. The topological polar surface area (TPSA) is 66.9 Å². The largest absolute Gasteiger partial charge is 0.369 e. The Morgan fingerprint density at radius 3 is 2.70 bits per heavy atom. The first kappa shape index (κ1) is 14.5. The highest BCUT2D eigenvalue weighted by Gasteiger charge is 2.08. The van der Waals surface area contributed by atoms with Crippen molar-refractivity contribution < 1.29 is 4.79 Å². The van der Waals surface area contributed by atoms with E-state index in [0.717, 1.165) is 16.6 Å². The van der Waals surface area contributed by atoms with Crippen LogP contribution in [-0.4, -0.2) is 22.4 Å². The molecule has 0 radical (unpaired) electrons. The molecular formula is C14H15BrN4O. The molecule has 0 unspecified atom stereocenters. The Bertz CT molecular complexity index is 586. The van der Waals surface area contributed by atoms with Crippen molar-refractivity contribution in [3.63, 3.8) is 0 Å². The lowest BCUT2D eigenvalue weighted by molar-refractivity contribution is 0.0945. The van der Waals surface area contributed by atoms with Crippen LogP contribution in [0, 0.1) is 0 Å². The summed E-state index contributed by atoms with van der Waals surface area (Å²) in [6.45, 7) is 3.15. The summed E-state index contributed by atoms with van der Waals surface area (Å²) >= 11 is 3.37. The Kier molecular flexibility index (Phi) is 5.06. The molecule has 1 heterocycles. The highest BCUT2D eigenvalue weighted by atomic mass is 79.9. The van der Waals surface area contributed by atoms with Gasteiger partial charge < -0.3 is 10.6 Å². The number of nitrogens with zero attached hydrogens (tertiary/aromatic N) is 2. The van der Waals surface area contributed by atoms with Gasteiger partial charge in [0.25, 0.3) is 5.91 Å². The average Bonchev–Trinajstić information content (AvgIpc) is 2.47. The van der Waals surface area contributed by atoms with Crippen molar-refractivity contribution in [3.05, 3.63) is 52.4 Å². The number of carbonyl (C=O) groups is 1. The van der Waals surface area contributed by atoms with Crippen molar-refractivity contribution >= 4 is 27.7 Å². The molecule has 1 amide bonds. The molecule has 1 aromatic carbocycles. The van der Waals surface area contributed by atoms with Crippen LogP contribution in [0.15, 0.2) is 41.1 Å². The van der Waals surface area contributed by atoms with Gasteiger partial charge >= 0.3 is 0 Å². The smallest absolute Gasteiger partial charge is 0.271 e. The first-order chi connectivity index (χ1) is 9.69. The van der Waals surface area contributed by atoms with E-state index in [4.69, 9.17) is 0 Å². The van der Waals surface area contributed by atoms with Gasteiger partial charge in [-0.1, -0.05) is 28.1 Å². The molecule has 0 bridgehead atoms. The maximum atomic E-state index is 12.0. The molecule has 2 rings (SSSR count).